The molecule has 4 heteroatoms. The number of hydrogen-bond donors (Lipinski definition) is 1. The number of hydrogen-bond acceptors (Lipinski definition) is 4. The van der Waals surface area contributed by atoms with Crippen molar-refractivity contribution in [1.82, 2.24) is 10.2 Å². The van der Waals surface area contributed by atoms with Crippen molar-refractivity contribution in [3.8, 4) is 0 Å². The summed E-state index contributed by atoms with van der Waals surface area (Å²) in [5.41, 5.74) is 0. The average molecular weight is 212 g/mol. The molecule has 0 aromatic heterocycles. The van der Waals surface area contributed by atoms with E-state index in [1.54, 1.807) is 0 Å². The highest BCUT2D eigenvalue weighted by atomic mass is 16.2. The number of aldehydes is 1. The SMILES string of the molecule is CCC(C)CN1CCNC(C(=O)C=O)C1. The summed E-state index contributed by atoms with van der Waals surface area (Å²) in [6.45, 7) is 7.82. The lowest BCUT2D eigenvalue weighted by molar-refractivity contribution is -0.132. The Kier molecular flexibility index (Phi) is 4.91. The lowest BCUT2D eigenvalue weighted by atomic mass is 10.1. The molecule has 0 saturated carbocycles. The summed E-state index contributed by atoms with van der Waals surface area (Å²) < 4.78 is 0. The van der Waals surface area contributed by atoms with Gasteiger partial charge < -0.3 is 5.32 Å². The summed E-state index contributed by atoms with van der Waals surface area (Å²) >= 11 is 0. The highest BCUT2D eigenvalue weighted by molar-refractivity contribution is 6.27. The van der Waals surface area contributed by atoms with Crippen molar-refractivity contribution in [3.05, 3.63) is 0 Å². The minimum absolute atomic E-state index is 0.291. The fraction of sp³-hybridized carbons (Fsp3) is 0.818. The molecule has 2 atom stereocenters. The van der Waals surface area contributed by atoms with Crippen LogP contribution in [0.15, 0.2) is 0 Å². The molecule has 1 rings (SSSR count). The van der Waals surface area contributed by atoms with Crippen molar-refractivity contribution in [2.24, 2.45) is 5.92 Å². The van der Waals surface area contributed by atoms with Crippen LogP contribution in [0, 0.1) is 5.92 Å². The molecule has 1 aliphatic rings. The molecule has 0 radical (unpaired) electrons. The second kappa shape index (κ2) is 5.98. The molecule has 0 aliphatic carbocycles. The highest BCUT2D eigenvalue weighted by Gasteiger charge is 2.24. The van der Waals surface area contributed by atoms with Crippen LogP contribution < -0.4 is 5.32 Å². The van der Waals surface area contributed by atoms with Crippen molar-refractivity contribution in [2.45, 2.75) is 26.3 Å². The van der Waals surface area contributed by atoms with Gasteiger partial charge in [-0.05, 0) is 5.92 Å². The maximum absolute atomic E-state index is 11.2. The Labute approximate surface area is 91.0 Å². The Morgan fingerprint density at radius 2 is 2.40 bits per heavy atom. The summed E-state index contributed by atoms with van der Waals surface area (Å²) in [4.78, 5) is 23.9. The molecule has 0 aromatic carbocycles. The molecular weight excluding hydrogens is 192 g/mol. The van der Waals surface area contributed by atoms with E-state index in [9.17, 15) is 9.59 Å². The first kappa shape index (κ1) is 12.3. The zero-order valence-electron chi connectivity index (χ0n) is 9.53. The van der Waals surface area contributed by atoms with Gasteiger partial charge in [-0.1, -0.05) is 20.3 Å². The molecular formula is C11H20N2O2. The molecule has 86 valence electrons. The van der Waals surface area contributed by atoms with Crippen LogP contribution in [0.4, 0.5) is 0 Å². The van der Waals surface area contributed by atoms with Crippen LogP contribution in [0.3, 0.4) is 0 Å². The van der Waals surface area contributed by atoms with Gasteiger partial charge in [0, 0.05) is 26.2 Å². The number of ketones is 1. The fourth-order valence-corrected chi connectivity index (χ4v) is 1.82. The van der Waals surface area contributed by atoms with Crippen molar-refractivity contribution in [2.75, 3.05) is 26.2 Å². The second-order valence-electron chi connectivity index (χ2n) is 4.30. The number of rotatable bonds is 5. The Morgan fingerprint density at radius 1 is 1.67 bits per heavy atom. The van der Waals surface area contributed by atoms with E-state index in [1.807, 2.05) is 0 Å². The van der Waals surface area contributed by atoms with Gasteiger partial charge in [0.2, 0.25) is 5.78 Å². The Balaban J connectivity index is 2.41. The number of carbonyl (C=O) groups excluding carboxylic acids is 2. The van der Waals surface area contributed by atoms with Gasteiger partial charge in [-0.15, -0.1) is 0 Å². The minimum Gasteiger partial charge on any atom is -0.305 e. The number of carbonyl (C=O) groups is 2. The van der Waals surface area contributed by atoms with E-state index in [2.05, 4.69) is 24.1 Å². The van der Waals surface area contributed by atoms with Crippen molar-refractivity contribution in [1.29, 1.82) is 0 Å². The Morgan fingerprint density at radius 3 is 3.00 bits per heavy atom. The topological polar surface area (TPSA) is 49.4 Å². The van der Waals surface area contributed by atoms with Gasteiger partial charge in [-0.3, -0.25) is 14.5 Å². The van der Waals surface area contributed by atoms with Crippen LogP contribution in [-0.2, 0) is 9.59 Å². The molecule has 4 nitrogen and oxygen atoms in total. The van der Waals surface area contributed by atoms with E-state index in [0.29, 0.717) is 18.7 Å². The quantitative estimate of drug-likeness (QED) is 0.518. The summed E-state index contributed by atoms with van der Waals surface area (Å²) in [7, 11) is 0. The predicted molar refractivity (Wildman–Crippen MR) is 58.8 cm³/mol. The molecule has 1 N–H and O–H groups in total. The summed E-state index contributed by atoms with van der Waals surface area (Å²) in [5, 5.41) is 3.07. The normalized spacial score (nSPS) is 24.8. The number of Topliss-reactive ketones (excluding diaryl/α,β-unsaturated/α-hetero) is 1. The zero-order chi connectivity index (χ0) is 11.3. The van der Waals surface area contributed by atoms with Gasteiger partial charge in [0.25, 0.3) is 0 Å². The Bertz CT molecular complexity index is 231. The second-order valence-corrected chi connectivity index (χ2v) is 4.30. The van der Waals surface area contributed by atoms with E-state index >= 15 is 0 Å². The van der Waals surface area contributed by atoms with E-state index in [0.717, 1.165) is 26.1 Å². The van der Waals surface area contributed by atoms with Gasteiger partial charge >= 0.3 is 0 Å². The van der Waals surface area contributed by atoms with Gasteiger partial charge in [-0.25, -0.2) is 0 Å². The van der Waals surface area contributed by atoms with Crippen molar-refractivity contribution >= 4 is 12.1 Å². The van der Waals surface area contributed by atoms with Crippen LogP contribution in [0.1, 0.15) is 20.3 Å². The first-order valence-corrected chi connectivity index (χ1v) is 5.62. The number of nitrogens with one attached hydrogen (secondary N) is 1. The summed E-state index contributed by atoms with van der Waals surface area (Å²) in [5.74, 6) is 0.318. The van der Waals surface area contributed by atoms with Gasteiger partial charge in [0.05, 0.1) is 6.04 Å². The molecule has 0 aromatic rings. The van der Waals surface area contributed by atoms with Crippen molar-refractivity contribution < 1.29 is 9.59 Å². The monoisotopic (exact) mass is 212 g/mol. The van der Waals surface area contributed by atoms with Crippen molar-refractivity contribution in [3.63, 3.8) is 0 Å². The molecule has 1 heterocycles. The van der Waals surface area contributed by atoms with Crippen LogP contribution in [0.2, 0.25) is 0 Å². The van der Waals surface area contributed by atoms with Gasteiger partial charge in [0.1, 0.15) is 0 Å². The van der Waals surface area contributed by atoms with Crippen LogP contribution in [0.25, 0.3) is 0 Å². The molecule has 0 amide bonds. The molecule has 1 fully saturated rings. The molecule has 15 heavy (non-hydrogen) atoms. The third kappa shape index (κ3) is 3.72. The first-order chi connectivity index (χ1) is 7.17. The molecule has 0 bridgehead atoms. The van der Waals surface area contributed by atoms with Gasteiger partial charge in [-0.2, -0.15) is 0 Å². The van der Waals surface area contributed by atoms with E-state index in [1.165, 1.54) is 0 Å². The Hall–Kier alpha value is -0.740. The standard InChI is InChI=1S/C11H20N2O2/c1-3-9(2)6-13-5-4-12-10(7-13)11(15)8-14/h8-10,12H,3-7H2,1-2H3. The average Bonchev–Trinajstić information content (AvgIpc) is 2.28. The number of piperazine rings is 1. The van der Waals surface area contributed by atoms with Crippen LogP contribution in [-0.4, -0.2) is 49.2 Å². The summed E-state index contributed by atoms with van der Waals surface area (Å²) in [6.07, 6.45) is 1.57. The van der Waals surface area contributed by atoms with E-state index in [4.69, 9.17) is 0 Å². The van der Waals surface area contributed by atoms with Crippen LogP contribution >= 0.6 is 0 Å². The molecule has 1 aliphatic heterocycles. The number of nitrogens with zero attached hydrogens (tertiary/aromatic N) is 1. The maximum atomic E-state index is 11.2. The lowest BCUT2D eigenvalue weighted by Gasteiger charge is -2.33. The maximum Gasteiger partial charge on any atom is 0.213 e. The molecule has 2 unspecified atom stereocenters. The lowest BCUT2D eigenvalue weighted by Crippen LogP contribution is -2.55. The zero-order valence-corrected chi connectivity index (χ0v) is 9.53. The third-order valence-electron chi connectivity index (χ3n) is 2.99. The summed E-state index contributed by atoms with van der Waals surface area (Å²) in [6, 6.07) is -0.291. The predicted octanol–water partition coefficient (Wildman–Crippen LogP) is 0.0743. The fourth-order valence-electron chi connectivity index (χ4n) is 1.82. The third-order valence-corrected chi connectivity index (χ3v) is 2.99. The van der Waals surface area contributed by atoms with E-state index in [-0.39, 0.29) is 11.8 Å². The molecule has 1 saturated heterocycles. The largest absolute Gasteiger partial charge is 0.305 e. The highest BCUT2D eigenvalue weighted by Crippen LogP contribution is 2.07. The van der Waals surface area contributed by atoms with E-state index < -0.39 is 0 Å². The first-order valence-electron chi connectivity index (χ1n) is 5.62. The smallest absolute Gasteiger partial charge is 0.213 e. The molecule has 0 spiro atoms. The minimum atomic E-state index is -0.330. The van der Waals surface area contributed by atoms with Crippen LogP contribution in [0.5, 0.6) is 0 Å². The van der Waals surface area contributed by atoms with Gasteiger partial charge in [0.15, 0.2) is 6.29 Å².